The molecule has 12 heteroatoms. The Balaban J connectivity index is 1.67. The van der Waals surface area contributed by atoms with Crippen LogP contribution in [0.5, 0.6) is 11.5 Å². The Bertz CT molecular complexity index is 1140. The number of carbonyl (C=O) groups excluding carboxylic acids is 1. The summed E-state index contributed by atoms with van der Waals surface area (Å²) in [5.74, 6) is 0.720. The molecular weight excluding hydrogens is 429 g/mol. The smallest absolute Gasteiger partial charge is 0.408 e. The number of nitrogens with two attached hydrogens (primary N) is 1. The van der Waals surface area contributed by atoms with Gasteiger partial charge in [-0.1, -0.05) is 13.8 Å². The van der Waals surface area contributed by atoms with Gasteiger partial charge in [-0.15, -0.1) is 0 Å². The van der Waals surface area contributed by atoms with Crippen LogP contribution in [-0.2, 0) is 17.9 Å². The van der Waals surface area contributed by atoms with Gasteiger partial charge in [-0.25, -0.2) is 14.6 Å². The molecule has 0 aliphatic carbocycles. The van der Waals surface area contributed by atoms with Crippen LogP contribution in [-0.4, -0.2) is 49.1 Å². The number of imidazole rings is 1. The summed E-state index contributed by atoms with van der Waals surface area (Å²) in [5, 5.41) is 3.67. The Labute approximate surface area is 181 Å². The molecule has 0 saturated heterocycles. The number of benzene rings is 1. The number of ether oxygens (including phenoxy) is 2. The van der Waals surface area contributed by atoms with Crippen molar-refractivity contribution in [3.8, 4) is 34.4 Å². The number of hydrogen-bond donors (Lipinski definition) is 1. The number of rotatable bonds is 6. The summed E-state index contributed by atoms with van der Waals surface area (Å²) in [6, 6.07) is 5.03. The highest BCUT2D eigenvalue weighted by atomic mass is 19.4. The number of alkyl halides is 3. The Morgan fingerprint density at radius 1 is 1.31 bits per heavy atom. The van der Waals surface area contributed by atoms with E-state index < -0.39 is 24.7 Å². The molecule has 170 valence electrons. The van der Waals surface area contributed by atoms with Crippen LogP contribution >= 0.6 is 0 Å². The first kappa shape index (κ1) is 21.7. The highest BCUT2D eigenvalue weighted by Gasteiger charge is 2.31. The molecule has 4 rings (SSSR count). The van der Waals surface area contributed by atoms with Crippen molar-refractivity contribution < 1.29 is 27.4 Å². The van der Waals surface area contributed by atoms with Crippen molar-refractivity contribution in [1.29, 1.82) is 0 Å². The van der Waals surface area contributed by atoms with E-state index in [4.69, 9.17) is 15.2 Å². The third kappa shape index (κ3) is 4.39. The number of nitrogens with zero attached hydrogens (tertiary/aromatic N) is 5. The predicted molar refractivity (Wildman–Crippen MR) is 107 cm³/mol. The molecule has 1 aliphatic heterocycles. The van der Waals surface area contributed by atoms with Crippen LogP contribution in [0, 0.1) is 5.92 Å². The minimum atomic E-state index is -4.44. The highest BCUT2D eigenvalue weighted by Crippen LogP contribution is 2.36. The van der Waals surface area contributed by atoms with Crippen molar-refractivity contribution in [2.45, 2.75) is 39.2 Å². The molecule has 0 spiro atoms. The Hall–Kier alpha value is -3.57. The normalized spacial score (nSPS) is 14.3. The van der Waals surface area contributed by atoms with E-state index in [0.29, 0.717) is 36.0 Å². The van der Waals surface area contributed by atoms with Gasteiger partial charge in [0.2, 0.25) is 0 Å². The van der Waals surface area contributed by atoms with Crippen LogP contribution in [0.2, 0.25) is 0 Å². The fourth-order valence-corrected chi connectivity index (χ4v) is 3.46. The minimum Gasteiger partial charge on any atom is -0.491 e. The second-order valence-electron chi connectivity index (χ2n) is 7.69. The molecule has 3 aromatic rings. The minimum absolute atomic E-state index is 0.0200. The van der Waals surface area contributed by atoms with Crippen LogP contribution in [0.25, 0.3) is 22.9 Å². The first-order valence-electron chi connectivity index (χ1n) is 9.87. The summed E-state index contributed by atoms with van der Waals surface area (Å²) in [6.45, 7) is 3.12. The van der Waals surface area contributed by atoms with Crippen LogP contribution in [0.3, 0.4) is 0 Å². The van der Waals surface area contributed by atoms with E-state index in [9.17, 15) is 18.0 Å². The van der Waals surface area contributed by atoms with Crippen molar-refractivity contribution in [1.82, 2.24) is 24.3 Å². The lowest BCUT2D eigenvalue weighted by Gasteiger charge is -2.20. The topological polar surface area (TPSA) is 110 Å². The number of carbonyl (C=O) groups is 1. The average Bonchev–Trinajstić information content (AvgIpc) is 3.27. The summed E-state index contributed by atoms with van der Waals surface area (Å²) in [7, 11) is 0. The Morgan fingerprint density at radius 2 is 2.09 bits per heavy atom. The van der Waals surface area contributed by atoms with E-state index in [1.807, 2.05) is 13.8 Å². The third-order valence-electron chi connectivity index (χ3n) is 4.88. The molecule has 0 bridgehead atoms. The third-order valence-corrected chi connectivity index (χ3v) is 4.88. The van der Waals surface area contributed by atoms with E-state index in [0.717, 1.165) is 11.0 Å². The lowest BCUT2D eigenvalue weighted by molar-refractivity contribution is -0.142. The van der Waals surface area contributed by atoms with E-state index >= 15 is 0 Å². The van der Waals surface area contributed by atoms with Gasteiger partial charge in [-0.2, -0.15) is 18.3 Å². The standard InChI is InChI=1S/C20H21F3N6O3/c1-11(2)16(17(24)30)32-12-3-4-13-15(7-12)31-6-5-28-8-14(27-18(13)28)19-25-10-26-29(19)9-20(21,22)23/h3-4,7-8,10-11,16H,5-6,9H2,1-2H3,(H2,24,30)/t16-/m0/s1. The molecule has 0 fully saturated rings. The van der Waals surface area contributed by atoms with Crippen molar-refractivity contribution in [2.24, 2.45) is 11.7 Å². The van der Waals surface area contributed by atoms with Gasteiger partial charge >= 0.3 is 6.18 Å². The number of aromatic nitrogens is 5. The van der Waals surface area contributed by atoms with E-state index in [2.05, 4.69) is 15.1 Å². The lowest BCUT2D eigenvalue weighted by Crippen LogP contribution is -2.37. The summed E-state index contributed by atoms with van der Waals surface area (Å²) >= 11 is 0. The zero-order chi connectivity index (χ0) is 23.0. The van der Waals surface area contributed by atoms with Gasteiger partial charge < -0.3 is 19.8 Å². The first-order chi connectivity index (χ1) is 15.1. The Morgan fingerprint density at radius 3 is 2.78 bits per heavy atom. The number of halogens is 3. The van der Waals surface area contributed by atoms with Crippen LogP contribution in [0.1, 0.15) is 13.8 Å². The van der Waals surface area contributed by atoms with E-state index in [1.54, 1.807) is 29.0 Å². The van der Waals surface area contributed by atoms with Gasteiger partial charge in [0.15, 0.2) is 11.9 Å². The summed E-state index contributed by atoms with van der Waals surface area (Å²) in [5.41, 5.74) is 6.31. The van der Waals surface area contributed by atoms with Gasteiger partial charge in [0.25, 0.3) is 5.91 Å². The molecule has 0 saturated carbocycles. The maximum atomic E-state index is 12.8. The zero-order valence-corrected chi connectivity index (χ0v) is 17.3. The van der Waals surface area contributed by atoms with Crippen molar-refractivity contribution in [2.75, 3.05) is 6.61 Å². The summed E-state index contributed by atoms with van der Waals surface area (Å²) in [4.78, 5) is 20.1. The molecule has 2 N–H and O–H groups in total. The average molecular weight is 450 g/mol. The number of fused-ring (bicyclic) bond motifs is 3. The summed E-state index contributed by atoms with van der Waals surface area (Å²) < 4.78 is 52.7. The molecule has 0 unspecified atom stereocenters. The number of amides is 1. The molecule has 1 atom stereocenters. The van der Waals surface area contributed by atoms with Gasteiger partial charge in [-0.3, -0.25) is 4.79 Å². The van der Waals surface area contributed by atoms with E-state index in [-0.39, 0.29) is 17.4 Å². The van der Waals surface area contributed by atoms with Crippen LogP contribution in [0.15, 0.2) is 30.7 Å². The highest BCUT2D eigenvalue weighted by molar-refractivity contribution is 5.79. The number of primary amides is 1. The molecule has 2 aromatic heterocycles. The van der Waals surface area contributed by atoms with Gasteiger partial charge in [0, 0.05) is 12.3 Å². The first-order valence-corrected chi connectivity index (χ1v) is 9.87. The fraction of sp³-hybridized carbons (Fsp3) is 0.400. The summed E-state index contributed by atoms with van der Waals surface area (Å²) in [6.07, 6.45) is -2.55. The van der Waals surface area contributed by atoms with Gasteiger partial charge in [0.05, 0.1) is 12.1 Å². The Kier molecular flexibility index (Phi) is 5.53. The molecule has 1 amide bonds. The molecular formula is C20H21F3N6O3. The maximum Gasteiger partial charge on any atom is 0.408 e. The quantitative estimate of drug-likeness (QED) is 0.618. The second kappa shape index (κ2) is 8.17. The van der Waals surface area contributed by atoms with Crippen molar-refractivity contribution >= 4 is 5.91 Å². The molecule has 32 heavy (non-hydrogen) atoms. The lowest BCUT2D eigenvalue weighted by atomic mass is 10.1. The molecule has 1 aliphatic rings. The SMILES string of the molecule is CC(C)[C@H](Oc1ccc2c(c1)OCCn1cc(-c3ncnn3CC(F)(F)F)nc1-2)C(N)=O. The second-order valence-corrected chi connectivity index (χ2v) is 7.69. The van der Waals surface area contributed by atoms with Crippen molar-refractivity contribution in [3.05, 3.63) is 30.7 Å². The van der Waals surface area contributed by atoms with Crippen molar-refractivity contribution in [3.63, 3.8) is 0 Å². The van der Waals surface area contributed by atoms with Gasteiger partial charge in [-0.05, 0) is 18.1 Å². The van der Waals surface area contributed by atoms with Crippen LogP contribution in [0.4, 0.5) is 13.2 Å². The molecule has 9 nitrogen and oxygen atoms in total. The van der Waals surface area contributed by atoms with Gasteiger partial charge in [0.1, 0.15) is 42.5 Å². The van der Waals surface area contributed by atoms with Crippen LogP contribution < -0.4 is 15.2 Å². The van der Waals surface area contributed by atoms with E-state index in [1.165, 1.54) is 0 Å². The number of hydrogen-bond acceptors (Lipinski definition) is 6. The molecule has 0 radical (unpaired) electrons. The zero-order valence-electron chi connectivity index (χ0n) is 17.3. The predicted octanol–water partition coefficient (Wildman–Crippen LogP) is 2.65. The maximum absolute atomic E-state index is 12.8. The molecule has 3 heterocycles. The monoisotopic (exact) mass is 450 g/mol. The largest absolute Gasteiger partial charge is 0.491 e. The fourth-order valence-electron chi connectivity index (χ4n) is 3.46. The molecule has 1 aromatic carbocycles.